The maximum absolute atomic E-state index is 13.7. The van der Waals surface area contributed by atoms with E-state index in [0.717, 1.165) is 12.1 Å². The Balaban J connectivity index is 3.19. The SMILES string of the molecule is N=C(N)c1cc(F)c(N(CCO)CC(F)F)c(F)c1. The Morgan fingerprint density at radius 1 is 1.32 bits per heavy atom. The number of halogens is 4. The van der Waals surface area contributed by atoms with E-state index in [1.54, 1.807) is 0 Å². The van der Waals surface area contributed by atoms with E-state index < -0.39 is 42.7 Å². The molecule has 4 N–H and O–H groups in total. The van der Waals surface area contributed by atoms with Crippen LogP contribution in [0.3, 0.4) is 0 Å². The second-order valence-electron chi connectivity index (χ2n) is 3.76. The van der Waals surface area contributed by atoms with Crippen molar-refractivity contribution in [3.63, 3.8) is 0 Å². The van der Waals surface area contributed by atoms with Gasteiger partial charge in [-0.3, -0.25) is 5.41 Å². The number of hydrogen-bond acceptors (Lipinski definition) is 3. The molecule has 0 atom stereocenters. The van der Waals surface area contributed by atoms with Crippen molar-refractivity contribution in [3.05, 3.63) is 29.3 Å². The summed E-state index contributed by atoms with van der Waals surface area (Å²) in [5.41, 5.74) is 4.25. The van der Waals surface area contributed by atoms with E-state index in [2.05, 4.69) is 0 Å². The fourth-order valence-corrected chi connectivity index (χ4v) is 1.60. The number of anilines is 1. The maximum Gasteiger partial charge on any atom is 0.255 e. The zero-order valence-corrected chi connectivity index (χ0v) is 9.84. The van der Waals surface area contributed by atoms with Crippen molar-refractivity contribution >= 4 is 11.5 Å². The van der Waals surface area contributed by atoms with E-state index in [4.69, 9.17) is 16.2 Å². The largest absolute Gasteiger partial charge is 0.395 e. The lowest BCUT2D eigenvalue weighted by Gasteiger charge is -2.24. The Bertz CT molecular complexity index is 444. The zero-order valence-electron chi connectivity index (χ0n) is 9.84. The van der Waals surface area contributed by atoms with Crippen LogP contribution in [0, 0.1) is 17.0 Å². The summed E-state index contributed by atoms with van der Waals surface area (Å²) in [6.07, 6.45) is -2.81. The van der Waals surface area contributed by atoms with Crippen LogP contribution in [0.1, 0.15) is 5.56 Å². The lowest BCUT2D eigenvalue weighted by Crippen LogP contribution is -2.33. The van der Waals surface area contributed by atoms with Gasteiger partial charge in [0.15, 0.2) is 0 Å². The third-order valence-corrected chi connectivity index (χ3v) is 2.37. The van der Waals surface area contributed by atoms with Crippen molar-refractivity contribution in [1.82, 2.24) is 0 Å². The minimum absolute atomic E-state index is 0.181. The Morgan fingerprint density at radius 2 is 1.84 bits per heavy atom. The molecule has 0 radical (unpaired) electrons. The molecule has 1 rings (SSSR count). The molecule has 0 unspecified atom stereocenters. The molecule has 0 saturated heterocycles. The van der Waals surface area contributed by atoms with E-state index in [9.17, 15) is 17.6 Å². The third kappa shape index (κ3) is 3.82. The normalized spacial score (nSPS) is 10.8. The van der Waals surface area contributed by atoms with Gasteiger partial charge in [-0.1, -0.05) is 0 Å². The quantitative estimate of drug-likeness (QED) is 0.417. The van der Waals surface area contributed by atoms with Crippen molar-refractivity contribution in [3.8, 4) is 0 Å². The highest BCUT2D eigenvalue weighted by Gasteiger charge is 2.21. The molecule has 0 aliphatic heterocycles. The molecule has 0 aliphatic rings. The molecule has 0 saturated carbocycles. The fourth-order valence-electron chi connectivity index (χ4n) is 1.60. The minimum atomic E-state index is -2.81. The molecule has 0 fully saturated rings. The monoisotopic (exact) mass is 279 g/mol. The van der Waals surface area contributed by atoms with E-state index in [-0.39, 0.29) is 12.1 Å². The number of nitrogens with two attached hydrogens (primary N) is 1. The van der Waals surface area contributed by atoms with Gasteiger partial charge in [0, 0.05) is 12.1 Å². The number of aliphatic hydroxyl groups is 1. The molecule has 4 nitrogen and oxygen atoms in total. The second kappa shape index (κ2) is 6.37. The molecular weight excluding hydrogens is 266 g/mol. The highest BCUT2D eigenvalue weighted by atomic mass is 19.3. The smallest absolute Gasteiger partial charge is 0.255 e. The predicted octanol–water partition coefficient (Wildman–Crippen LogP) is 1.31. The van der Waals surface area contributed by atoms with E-state index in [1.807, 2.05) is 0 Å². The average Bonchev–Trinajstić information content (AvgIpc) is 2.27. The number of benzene rings is 1. The summed E-state index contributed by atoms with van der Waals surface area (Å²) in [6, 6.07) is 1.58. The summed E-state index contributed by atoms with van der Waals surface area (Å²) in [5.74, 6) is -2.76. The first-order valence-electron chi connectivity index (χ1n) is 5.34. The molecule has 19 heavy (non-hydrogen) atoms. The number of rotatable bonds is 6. The maximum atomic E-state index is 13.7. The van der Waals surface area contributed by atoms with Crippen molar-refractivity contribution in [2.75, 3.05) is 24.6 Å². The van der Waals surface area contributed by atoms with Gasteiger partial charge in [0.05, 0.1) is 13.2 Å². The molecule has 1 aromatic rings. The van der Waals surface area contributed by atoms with Gasteiger partial charge in [-0.15, -0.1) is 0 Å². The average molecular weight is 279 g/mol. The summed E-state index contributed by atoms with van der Waals surface area (Å²) in [7, 11) is 0. The van der Waals surface area contributed by atoms with Gasteiger partial charge >= 0.3 is 0 Å². The second-order valence-corrected chi connectivity index (χ2v) is 3.76. The lowest BCUT2D eigenvalue weighted by molar-refractivity contribution is 0.152. The molecule has 0 heterocycles. The lowest BCUT2D eigenvalue weighted by atomic mass is 10.1. The fraction of sp³-hybridized carbons (Fsp3) is 0.364. The summed E-state index contributed by atoms with van der Waals surface area (Å²) in [6.45, 7) is -1.77. The first-order valence-corrected chi connectivity index (χ1v) is 5.34. The molecule has 8 heteroatoms. The summed E-state index contributed by atoms with van der Waals surface area (Å²) < 4.78 is 52.2. The van der Waals surface area contributed by atoms with Crippen LogP contribution in [0.5, 0.6) is 0 Å². The Labute approximate surface area is 106 Å². The van der Waals surface area contributed by atoms with Gasteiger partial charge in [0.1, 0.15) is 23.2 Å². The number of amidine groups is 1. The number of alkyl halides is 2. The molecule has 0 bridgehead atoms. The van der Waals surface area contributed by atoms with E-state index >= 15 is 0 Å². The number of nitrogens with one attached hydrogen (secondary N) is 1. The number of nitrogen functional groups attached to an aromatic ring is 1. The van der Waals surface area contributed by atoms with Gasteiger partial charge < -0.3 is 15.7 Å². The van der Waals surface area contributed by atoms with Crippen LogP contribution in [0.15, 0.2) is 12.1 Å². The van der Waals surface area contributed by atoms with Gasteiger partial charge in [0.25, 0.3) is 6.43 Å². The van der Waals surface area contributed by atoms with Crippen molar-refractivity contribution in [1.29, 1.82) is 5.41 Å². The van der Waals surface area contributed by atoms with Gasteiger partial charge in [-0.25, -0.2) is 17.6 Å². The molecule has 0 aliphatic carbocycles. The Morgan fingerprint density at radius 3 is 2.21 bits per heavy atom. The van der Waals surface area contributed by atoms with E-state index in [0.29, 0.717) is 4.90 Å². The van der Waals surface area contributed by atoms with Crippen molar-refractivity contribution in [2.24, 2.45) is 5.73 Å². The number of aliphatic hydroxyl groups excluding tert-OH is 1. The van der Waals surface area contributed by atoms with Gasteiger partial charge in [0.2, 0.25) is 0 Å². The number of hydrogen-bond donors (Lipinski definition) is 3. The first kappa shape index (κ1) is 15.2. The molecule has 1 aromatic carbocycles. The highest BCUT2D eigenvalue weighted by Crippen LogP contribution is 2.25. The molecule has 0 amide bonds. The van der Waals surface area contributed by atoms with Gasteiger partial charge in [-0.2, -0.15) is 0 Å². The molecular formula is C11H13F4N3O. The van der Waals surface area contributed by atoms with Crippen LogP contribution in [-0.4, -0.2) is 37.1 Å². The summed E-state index contributed by atoms with van der Waals surface area (Å²) in [5, 5.41) is 15.8. The van der Waals surface area contributed by atoms with E-state index in [1.165, 1.54) is 0 Å². The summed E-state index contributed by atoms with van der Waals surface area (Å²) in [4.78, 5) is 0.708. The van der Waals surface area contributed by atoms with Crippen molar-refractivity contribution in [2.45, 2.75) is 6.43 Å². The standard InChI is InChI=1S/C11H13F4N3O/c12-7-3-6(11(16)17)4-8(13)10(7)18(1-2-19)5-9(14)15/h3-4,9,19H,1-2,5H2,(H3,16,17). The predicted molar refractivity (Wildman–Crippen MR) is 62.7 cm³/mol. The molecule has 0 spiro atoms. The Hall–Kier alpha value is -1.83. The van der Waals surface area contributed by atoms with Crippen molar-refractivity contribution < 1.29 is 22.7 Å². The van der Waals surface area contributed by atoms with Crippen LogP contribution in [0.2, 0.25) is 0 Å². The first-order chi connectivity index (χ1) is 8.86. The molecule has 0 aromatic heterocycles. The summed E-state index contributed by atoms with van der Waals surface area (Å²) >= 11 is 0. The zero-order chi connectivity index (χ0) is 14.6. The van der Waals surface area contributed by atoms with Crippen LogP contribution < -0.4 is 10.6 Å². The number of nitrogens with zero attached hydrogens (tertiary/aromatic N) is 1. The van der Waals surface area contributed by atoms with Crippen LogP contribution in [-0.2, 0) is 0 Å². The highest BCUT2D eigenvalue weighted by molar-refractivity contribution is 5.95. The Kier molecular flexibility index (Phi) is 5.11. The topological polar surface area (TPSA) is 73.3 Å². The third-order valence-electron chi connectivity index (χ3n) is 2.37. The van der Waals surface area contributed by atoms with Crippen LogP contribution >= 0.6 is 0 Å². The van der Waals surface area contributed by atoms with Gasteiger partial charge in [-0.05, 0) is 12.1 Å². The molecule has 106 valence electrons. The minimum Gasteiger partial charge on any atom is -0.395 e. The van der Waals surface area contributed by atoms with Crippen LogP contribution in [0.25, 0.3) is 0 Å². The van der Waals surface area contributed by atoms with Crippen LogP contribution in [0.4, 0.5) is 23.2 Å².